The third kappa shape index (κ3) is 5.85. The number of ether oxygens (including phenoxy) is 2. The third-order valence-electron chi connectivity index (χ3n) is 5.52. The Bertz CT molecular complexity index is 888. The van der Waals surface area contributed by atoms with Gasteiger partial charge in [0.2, 0.25) is 0 Å². The molecule has 1 saturated carbocycles. The van der Waals surface area contributed by atoms with Gasteiger partial charge in [0.25, 0.3) is 0 Å². The number of benzene rings is 1. The summed E-state index contributed by atoms with van der Waals surface area (Å²) in [5.74, 6) is 0.206. The molecule has 0 amide bonds. The molecule has 0 bridgehead atoms. The summed E-state index contributed by atoms with van der Waals surface area (Å²) in [5.41, 5.74) is 2.23. The van der Waals surface area contributed by atoms with Gasteiger partial charge >= 0.3 is 0 Å². The van der Waals surface area contributed by atoms with Crippen LogP contribution in [-0.2, 0) is 26.1 Å². The van der Waals surface area contributed by atoms with Crippen LogP contribution >= 0.6 is 0 Å². The van der Waals surface area contributed by atoms with E-state index in [0.717, 1.165) is 31.7 Å². The molecule has 2 aromatic rings. The molecule has 158 valence electrons. The van der Waals surface area contributed by atoms with Crippen LogP contribution in [0.2, 0.25) is 0 Å². The molecule has 2 aliphatic rings. The SMILES string of the molecule is Cc1cc[n+](CC2CCCCC23OCCO3)cc1.Cc1ccc(S(=O)(=O)[O-])cc1. The van der Waals surface area contributed by atoms with E-state index in [2.05, 4.69) is 36.0 Å². The van der Waals surface area contributed by atoms with Gasteiger partial charge < -0.3 is 14.0 Å². The van der Waals surface area contributed by atoms with Crippen molar-refractivity contribution in [3.8, 4) is 0 Å². The van der Waals surface area contributed by atoms with E-state index in [-0.39, 0.29) is 10.7 Å². The van der Waals surface area contributed by atoms with E-state index >= 15 is 0 Å². The molecule has 1 atom stereocenters. The molecule has 0 N–H and O–H groups in total. The lowest BCUT2D eigenvalue weighted by molar-refractivity contribution is -0.707. The van der Waals surface area contributed by atoms with Gasteiger partial charge in [-0.15, -0.1) is 0 Å². The van der Waals surface area contributed by atoms with Crippen LogP contribution in [0, 0.1) is 19.8 Å². The molecule has 2 heterocycles. The van der Waals surface area contributed by atoms with Crippen molar-refractivity contribution in [1.29, 1.82) is 0 Å². The molecular weight excluding hydrogens is 390 g/mol. The van der Waals surface area contributed by atoms with Gasteiger partial charge in [-0.1, -0.05) is 24.1 Å². The summed E-state index contributed by atoms with van der Waals surface area (Å²) in [6.07, 6.45) is 9.12. The average Bonchev–Trinajstić information content (AvgIpc) is 3.15. The number of rotatable bonds is 3. The summed E-state index contributed by atoms with van der Waals surface area (Å²) in [6, 6.07) is 10.1. The monoisotopic (exact) mass is 419 g/mol. The zero-order chi connectivity index (χ0) is 20.9. The molecule has 1 unspecified atom stereocenters. The lowest BCUT2D eigenvalue weighted by atomic mass is 9.83. The standard InChI is InChI=1S/C15H22NO2.C7H8O3S/c1-13-5-8-16(9-6-13)12-14-4-2-3-7-15(14)17-10-11-18-15;1-6-2-4-7(5-3-6)11(8,9)10/h5-6,8-9,14H,2-4,7,10-12H2,1H3;2-5H,1H3,(H,8,9,10)/q+1;/p-1. The molecule has 1 aliphatic carbocycles. The molecule has 1 aromatic heterocycles. The van der Waals surface area contributed by atoms with Gasteiger partial charge in [-0.3, -0.25) is 0 Å². The second-order valence-electron chi connectivity index (χ2n) is 7.79. The predicted molar refractivity (Wildman–Crippen MR) is 107 cm³/mol. The van der Waals surface area contributed by atoms with E-state index < -0.39 is 10.1 Å². The topological polar surface area (TPSA) is 79.5 Å². The lowest BCUT2D eigenvalue weighted by Gasteiger charge is -2.37. The molecule has 1 saturated heterocycles. The quantitative estimate of drug-likeness (QED) is 0.564. The van der Waals surface area contributed by atoms with Crippen LogP contribution in [0.15, 0.2) is 53.7 Å². The number of hydrogen-bond acceptors (Lipinski definition) is 5. The van der Waals surface area contributed by atoms with E-state index in [0.29, 0.717) is 5.92 Å². The second-order valence-corrected chi connectivity index (χ2v) is 9.17. The maximum atomic E-state index is 10.4. The molecule has 29 heavy (non-hydrogen) atoms. The first-order valence-corrected chi connectivity index (χ1v) is 11.5. The minimum absolute atomic E-state index is 0.178. The number of aromatic nitrogens is 1. The van der Waals surface area contributed by atoms with Crippen molar-refractivity contribution in [3.05, 3.63) is 59.9 Å². The van der Waals surface area contributed by atoms with Crippen molar-refractivity contribution in [3.63, 3.8) is 0 Å². The lowest BCUT2D eigenvalue weighted by Crippen LogP contribution is -2.49. The molecule has 0 radical (unpaired) electrons. The van der Waals surface area contributed by atoms with Crippen LogP contribution in [0.1, 0.15) is 36.8 Å². The van der Waals surface area contributed by atoms with Crippen LogP contribution in [-0.4, -0.2) is 32.0 Å². The molecule has 1 spiro atoms. The summed E-state index contributed by atoms with van der Waals surface area (Å²) in [5, 5.41) is 0. The number of nitrogens with zero attached hydrogens (tertiary/aromatic N) is 1. The van der Waals surface area contributed by atoms with E-state index in [1.165, 1.54) is 37.0 Å². The summed E-state index contributed by atoms with van der Waals surface area (Å²) in [4.78, 5) is -0.178. The van der Waals surface area contributed by atoms with Gasteiger partial charge in [0.1, 0.15) is 10.1 Å². The summed E-state index contributed by atoms with van der Waals surface area (Å²) >= 11 is 0. The number of pyridine rings is 1. The smallest absolute Gasteiger partial charge is 0.177 e. The fourth-order valence-corrected chi connectivity index (χ4v) is 4.35. The van der Waals surface area contributed by atoms with Crippen LogP contribution in [0.3, 0.4) is 0 Å². The van der Waals surface area contributed by atoms with Crippen LogP contribution in [0.25, 0.3) is 0 Å². The van der Waals surface area contributed by atoms with E-state index in [4.69, 9.17) is 9.47 Å². The first-order valence-electron chi connectivity index (χ1n) is 10.0. The zero-order valence-electron chi connectivity index (χ0n) is 17.0. The number of aryl methyl sites for hydroxylation is 2. The van der Waals surface area contributed by atoms with E-state index in [1.54, 1.807) is 12.1 Å². The average molecular weight is 420 g/mol. The van der Waals surface area contributed by atoms with Gasteiger partial charge in [0.05, 0.1) is 24.0 Å². The Kier molecular flexibility index (Phi) is 7.05. The third-order valence-corrected chi connectivity index (χ3v) is 6.37. The fraction of sp³-hybridized carbons (Fsp3) is 0.500. The van der Waals surface area contributed by atoms with Gasteiger partial charge in [-0.25, -0.2) is 13.0 Å². The first-order chi connectivity index (χ1) is 13.8. The first kappa shape index (κ1) is 21.9. The van der Waals surface area contributed by atoms with E-state index in [1.807, 2.05) is 6.92 Å². The highest BCUT2D eigenvalue weighted by molar-refractivity contribution is 7.85. The summed E-state index contributed by atoms with van der Waals surface area (Å²) in [7, 11) is -4.27. The van der Waals surface area contributed by atoms with Crippen molar-refractivity contribution >= 4 is 10.1 Å². The molecule has 6 nitrogen and oxygen atoms in total. The fourth-order valence-electron chi connectivity index (χ4n) is 3.88. The van der Waals surface area contributed by atoms with Crippen molar-refractivity contribution in [2.24, 2.45) is 5.92 Å². The Balaban J connectivity index is 0.000000188. The Morgan fingerprint density at radius 2 is 1.59 bits per heavy atom. The van der Waals surface area contributed by atoms with Crippen LogP contribution in [0.4, 0.5) is 0 Å². The Labute approximate surface area is 173 Å². The largest absolute Gasteiger partial charge is 0.744 e. The van der Waals surface area contributed by atoms with E-state index in [9.17, 15) is 13.0 Å². The highest BCUT2D eigenvalue weighted by atomic mass is 32.2. The van der Waals surface area contributed by atoms with Gasteiger partial charge in [0, 0.05) is 18.6 Å². The second kappa shape index (κ2) is 9.34. The normalized spacial score (nSPS) is 20.9. The molecular formula is C22H29NO5S. The molecule has 4 rings (SSSR count). The Morgan fingerprint density at radius 3 is 2.17 bits per heavy atom. The zero-order valence-corrected chi connectivity index (χ0v) is 17.9. The van der Waals surface area contributed by atoms with Crippen molar-refractivity contribution in [2.45, 2.75) is 56.8 Å². The van der Waals surface area contributed by atoms with Crippen molar-refractivity contribution in [2.75, 3.05) is 13.2 Å². The number of hydrogen-bond donors (Lipinski definition) is 0. The molecule has 7 heteroatoms. The molecule has 2 fully saturated rings. The minimum Gasteiger partial charge on any atom is -0.744 e. The van der Waals surface area contributed by atoms with Crippen LogP contribution < -0.4 is 4.57 Å². The van der Waals surface area contributed by atoms with Crippen molar-refractivity contribution < 1.29 is 27.0 Å². The maximum Gasteiger partial charge on any atom is 0.177 e. The van der Waals surface area contributed by atoms with Gasteiger partial charge in [-0.05, 0) is 44.4 Å². The van der Waals surface area contributed by atoms with Gasteiger partial charge in [-0.2, -0.15) is 0 Å². The summed E-state index contributed by atoms with van der Waals surface area (Å²) in [6.45, 7) is 6.46. The summed E-state index contributed by atoms with van der Waals surface area (Å²) < 4.78 is 45.3. The Hall–Kier alpha value is -1.80. The van der Waals surface area contributed by atoms with Gasteiger partial charge in [0.15, 0.2) is 24.7 Å². The van der Waals surface area contributed by atoms with Crippen molar-refractivity contribution in [1.82, 2.24) is 0 Å². The van der Waals surface area contributed by atoms with Crippen LogP contribution in [0.5, 0.6) is 0 Å². The predicted octanol–water partition coefficient (Wildman–Crippen LogP) is 3.11. The highest BCUT2D eigenvalue weighted by Gasteiger charge is 2.47. The Morgan fingerprint density at radius 1 is 1.00 bits per heavy atom. The molecule has 1 aromatic carbocycles. The maximum absolute atomic E-state index is 10.4. The highest BCUT2D eigenvalue weighted by Crippen LogP contribution is 2.40. The molecule has 1 aliphatic heterocycles. The minimum atomic E-state index is -4.27.